The number of likely N-dealkylation sites (tertiary alicyclic amines) is 1. The number of H-pyrrole nitrogens is 1. The van der Waals surface area contributed by atoms with Crippen molar-refractivity contribution in [2.45, 2.75) is 44.7 Å². The van der Waals surface area contributed by atoms with Gasteiger partial charge < -0.3 is 9.88 Å². The number of amides is 1. The average molecular weight is 460 g/mol. The number of hydrogen-bond donors (Lipinski definition) is 1. The fourth-order valence-corrected chi connectivity index (χ4v) is 5.66. The number of nitrogens with zero attached hydrogens (tertiary/aromatic N) is 4. The predicted octanol–water partition coefficient (Wildman–Crippen LogP) is 5.17. The smallest absolute Gasteiger partial charge is 0.233 e. The molecule has 1 amide bonds. The van der Waals surface area contributed by atoms with E-state index in [9.17, 15) is 4.79 Å². The lowest BCUT2D eigenvalue weighted by Gasteiger charge is -2.32. The van der Waals surface area contributed by atoms with E-state index in [4.69, 9.17) is 0 Å². The molecule has 4 aromatic rings. The number of aryl methyl sites for hydroxylation is 3. The lowest BCUT2D eigenvalue weighted by atomic mass is 9.89. The third-order valence-corrected chi connectivity index (χ3v) is 7.55. The Bertz CT molecular complexity index is 1300. The first-order valence-corrected chi connectivity index (χ1v) is 12.5. The molecule has 1 N–H and O–H groups in total. The van der Waals surface area contributed by atoms with Gasteiger partial charge in [-0.2, -0.15) is 0 Å². The zero-order valence-corrected chi connectivity index (χ0v) is 20.2. The molecule has 7 heteroatoms. The summed E-state index contributed by atoms with van der Waals surface area (Å²) in [5.74, 6) is 1.87. The fraction of sp³-hybridized carbons (Fsp3) is 0.346. The van der Waals surface area contributed by atoms with Crippen molar-refractivity contribution >= 4 is 28.6 Å². The van der Waals surface area contributed by atoms with Crippen molar-refractivity contribution in [3.05, 3.63) is 71.2 Å². The molecule has 0 unspecified atom stereocenters. The van der Waals surface area contributed by atoms with Crippen LogP contribution in [0, 0.1) is 20.8 Å². The summed E-state index contributed by atoms with van der Waals surface area (Å²) in [6.07, 6.45) is 4.14. The normalized spacial score (nSPS) is 14.8. The number of aromatic amines is 1. The molecule has 33 heavy (non-hydrogen) atoms. The summed E-state index contributed by atoms with van der Waals surface area (Å²) in [5, 5.41) is 10.7. The summed E-state index contributed by atoms with van der Waals surface area (Å²) in [6.45, 7) is 7.72. The largest absolute Gasteiger partial charge is 0.361 e. The molecule has 1 fully saturated rings. The Morgan fingerprint density at radius 3 is 2.70 bits per heavy atom. The number of rotatable bonds is 5. The Balaban J connectivity index is 1.23. The molecule has 0 spiro atoms. The van der Waals surface area contributed by atoms with Gasteiger partial charge in [0.1, 0.15) is 5.82 Å². The van der Waals surface area contributed by atoms with Gasteiger partial charge in [0.05, 0.1) is 11.4 Å². The molecule has 0 radical (unpaired) electrons. The zero-order valence-electron chi connectivity index (χ0n) is 19.3. The van der Waals surface area contributed by atoms with Gasteiger partial charge >= 0.3 is 0 Å². The predicted molar refractivity (Wildman–Crippen MR) is 133 cm³/mol. The molecule has 170 valence electrons. The van der Waals surface area contributed by atoms with Crippen LogP contribution in [0.5, 0.6) is 0 Å². The van der Waals surface area contributed by atoms with Crippen LogP contribution in [0.25, 0.3) is 16.6 Å². The number of nitrogens with one attached hydrogen (secondary N) is 1. The van der Waals surface area contributed by atoms with E-state index >= 15 is 0 Å². The molecule has 0 saturated carbocycles. The van der Waals surface area contributed by atoms with Crippen molar-refractivity contribution < 1.29 is 4.79 Å². The number of aromatic nitrogens is 4. The lowest BCUT2D eigenvalue weighted by molar-refractivity contribution is -0.129. The van der Waals surface area contributed by atoms with Crippen molar-refractivity contribution in [3.63, 3.8) is 0 Å². The Labute approximate surface area is 198 Å². The second kappa shape index (κ2) is 9.06. The van der Waals surface area contributed by atoms with Gasteiger partial charge in [-0.1, -0.05) is 42.1 Å². The number of fused-ring (bicyclic) bond motifs is 1. The van der Waals surface area contributed by atoms with Gasteiger partial charge in [-0.05, 0) is 68.4 Å². The van der Waals surface area contributed by atoms with Crippen molar-refractivity contribution in [1.82, 2.24) is 24.6 Å². The van der Waals surface area contributed by atoms with Crippen LogP contribution in [-0.4, -0.2) is 49.4 Å². The van der Waals surface area contributed by atoms with Crippen LogP contribution in [0.4, 0.5) is 0 Å². The van der Waals surface area contributed by atoms with E-state index in [0.29, 0.717) is 11.7 Å². The van der Waals surface area contributed by atoms with Gasteiger partial charge in [-0.15, -0.1) is 10.2 Å². The molecule has 3 heterocycles. The number of thioether (sulfide) groups is 1. The molecular weight excluding hydrogens is 430 g/mol. The summed E-state index contributed by atoms with van der Waals surface area (Å²) in [7, 11) is 0. The lowest BCUT2D eigenvalue weighted by Crippen LogP contribution is -2.39. The molecule has 0 bridgehead atoms. The highest BCUT2D eigenvalue weighted by Crippen LogP contribution is 2.33. The molecule has 0 atom stereocenters. The molecule has 1 aliphatic heterocycles. The number of carbonyl (C=O) groups excluding carboxylic acids is 1. The Morgan fingerprint density at radius 1 is 1.09 bits per heavy atom. The van der Waals surface area contributed by atoms with Gasteiger partial charge in [-0.25, -0.2) is 0 Å². The zero-order chi connectivity index (χ0) is 22.9. The van der Waals surface area contributed by atoms with Gasteiger partial charge in [0.25, 0.3) is 0 Å². The van der Waals surface area contributed by atoms with Crippen LogP contribution >= 0.6 is 11.8 Å². The monoisotopic (exact) mass is 459 g/mol. The number of piperidine rings is 1. The summed E-state index contributed by atoms with van der Waals surface area (Å²) in [6, 6.07) is 14.8. The molecule has 0 aliphatic carbocycles. The second-order valence-corrected chi connectivity index (χ2v) is 9.83. The molecule has 6 nitrogen and oxygen atoms in total. The summed E-state index contributed by atoms with van der Waals surface area (Å²) >= 11 is 1.47. The third-order valence-electron chi connectivity index (χ3n) is 6.63. The van der Waals surface area contributed by atoms with Crippen molar-refractivity contribution in [2.75, 3.05) is 18.8 Å². The topological polar surface area (TPSA) is 66.8 Å². The van der Waals surface area contributed by atoms with Crippen molar-refractivity contribution in [3.8, 4) is 5.69 Å². The van der Waals surface area contributed by atoms with Crippen LogP contribution in [0.2, 0.25) is 0 Å². The minimum Gasteiger partial charge on any atom is -0.361 e. The highest BCUT2D eigenvalue weighted by atomic mass is 32.2. The van der Waals surface area contributed by atoms with Gasteiger partial charge in [0, 0.05) is 30.2 Å². The Morgan fingerprint density at radius 2 is 1.88 bits per heavy atom. The molecule has 5 rings (SSSR count). The fourth-order valence-electron chi connectivity index (χ4n) is 4.76. The van der Waals surface area contributed by atoms with Gasteiger partial charge in [-0.3, -0.25) is 9.36 Å². The first kappa shape index (κ1) is 21.8. The molecular formula is C26H29N5OS. The quantitative estimate of drug-likeness (QED) is 0.418. The van der Waals surface area contributed by atoms with E-state index in [1.54, 1.807) is 0 Å². The average Bonchev–Trinajstić information content (AvgIpc) is 3.42. The van der Waals surface area contributed by atoms with E-state index < -0.39 is 0 Å². The maximum absolute atomic E-state index is 13.0. The van der Waals surface area contributed by atoms with Crippen LogP contribution in [-0.2, 0) is 4.79 Å². The third kappa shape index (κ3) is 4.29. The second-order valence-electron chi connectivity index (χ2n) is 8.89. The van der Waals surface area contributed by atoms with Gasteiger partial charge in [0.2, 0.25) is 5.91 Å². The van der Waals surface area contributed by atoms with Crippen LogP contribution in [0.15, 0.2) is 53.8 Å². The number of carbonyl (C=O) groups is 1. The SMILES string of the molecule is Cc1ccc(C)c(-n2c(C)nnc2SCC(=O)N2CCC(c3c[nH]c4ccccc34)CC2)c1. The van der Waals surface area contributed by atoms with E-state index in [-0.39, 0.29) is 5.91 Å². The number of hydrogen-bond acceptors (Lipinski definition) is 4. The summed E-state index contributed by atoms with van der Waals surface area (Å²) < 4.78 is 2.06. The number of para-hydroxylation sites is 1. The van der Waals surface area contributed by atoms with Crippen LogP contribution in [0.1, 0.15) is 41.3 Å². The van der Waals surface area contributed by atoms with Crippen molar-refractivity contribution in [2.24, 2.45) is 0 Å². The number of benzene rings is 2. The summed E-state index contributed by atoms with van der Waals surface area (Å²) in [5.41, 5.74) is 5.99. The standard InChI is InChI=1S/C26H29N5OS/c1-17-8-9-18(2)24(14-17)31-19(3)28-29-26(31)33-16-25(32)30-12-10-20(11-13-30)22-15-27-23-7-5-4-6-21(22)23/h4-9,14-15,20,27H,10-13,16H2,1-3H3. The Kier molecular flexibility index (Phi) is 5.98. The molecule has 2 aromatic heterocycles. The molecule has 1 saturated heterocycles. The first-order valence-electron chi connectivity index (χ1n) is 11.5. The van der Waals surface area contributed by atoms with Crippen LogP contribution in [0.3, 0.4) is 0 Å². The molecule has 1 aliphatic rings. The minimum atomic E-state index is 0.172. The Hall–Kier alpha value is -3.06. The highest BCUT2D eigenvalue weighted by Gasteiger charge is 2.26. The van der Waals surface area contributed by atoms with Crippen LogP contribution < -0.4 is 0 Å². The van der Waals surface area contributed by atoms with E-state index in [1.807, 2.05) is 11.8 Å². The van der Waals surface area contributed by atoms with E-state index in [2.05, 4.69) is 82.3 Å². The first-order chi connectivity index (χ1) is 16.0. The van der Waals surface area contributed by atoms with Crippen molar-refractivity contribution in [1.29, 1.82) is 0 Å². The van der Waals surface area contributed by atoms with Gasteiger partial charge in [0.15, 0.2) is 5.16 Å². The van der Waals surface area contributed by atoms with E-state index in [1.165, 1.54) is 33.8 Å². The summed E-state index contributed by atoms with van der Waals surface area (Å²) in [4.78, 5) is 18.4. The highest BCUT2D eigenvalue weighted by molar-refractivity contribution is 7.99. The van der Waals surface area contributed by atoms with E-state index in [0.717, 1.165) is 48.2 Å². The maximum atomic E-state index is 13.0. The minimum absolute atomic E-state index is 0.172. The maximum Gasteiger partial charge on any atom is 0.233 e. The molecule has 2 aromatic carbocycles.